The Kier molecular flexibility index (Phi) is 3.21. The lowest BCUT2D eigenvalue weighted by molar-refractivity contribution is 0.233. The molecule has 2 rings (SSSR count). The molecular formula is C12H19N3. The monoisotopic (exact) mass is 205 g/mol. The summed E-state index contributed by atoms with van der Waals surface area (Å²) in [6, 6.07) is 4.46. The van der Waals surface area contributed by atoms with Crippen LogP contribution in [0.5, 0.6) is 0 Å². The number of nitrogens with one attached hydrogen (secondary N) is 1. The summed E-state index contributed by atoms with van der Waals surface area (Å²) in [6.45, 7) is 3.12. The molecule has 1 aliphatic rings. The Bertz CT molecular complexity index is 320. The quantitative estimate of drug-likeness (QED) is 0.791. The molecule has 3 N–H and O–H groups in total. The molecule has 3 nitrogen and oxygen atoms in total. The molecule has 0 amide bonds. The summed E-state index contributed by atoms with van der Waals surface area (Å²) in [7, 11) is 0. The number of hydrogen-bond donors (Lipinski definition) is 2. The largest absolute Gasteiger partial charge is 0.383 e. The second-order valence-corrected chi connectivity index (χ2v) is 4.20. The van der Waals surface area contributed by atoms with E-state index in [0.717, 1.165) is 12.5 Å². The molecule has 1 aromatic rings. The molecule has 1 heterocycles. The summed E-state index contributed by atoms with van der Waals surface area (Å²) >= 11 is 0. The summed E-state index contributed by atoms with van der Waals surface area (Å²) in [5.74, 6) is 1.42. The van der Waals surface area contributed by atoms with Gasteiger partial charge in [0.2, 0.25) is 0 Å². The van der Waals surface area contributed by atoms with Crippen LogP contribution in [-0.4, -0.2) is 11.5 Å². The molecule has 0 aliphatic heterocycles. The average molecular weight is 205 g/mol. The van der Waals surface area contributed by atoms with Gasteiger partial charge in [-0.1, -0.05) is 19.4 Å². The van der Waals surface area contributed by atoms with E-state index in [9.17, 15) is 0 Å². The van der Waals surface area contributed by atoms with Crippen molar-refractivity contribution in [2.45, 2.75) is 32.2 Å². The van der Waals surface area contributed by atoms with Crippen LogP contribution in [0.3, 0.4) is 0 Å². The topological polar surface area (TPSA) is 50.9 Å². The highest BCUT2D eigenvalue weighted by Crippen LogP contribution is 2.38. The lowest BCUT2D eigenvalue weighted by atomic mass is 9.77. The van der Waals surface area contributed by atoms with Crippen molar-refractivity contribution in [3.05, 3.63) is 23.9 Å². The van der Waals surface area contributed by atoms with E-state index in [1.54, 1.807) is 6.20 Å². The van der Waals surface area contributed by atoms with Crippen molar-refractivity contribution in [1.82, 2.24) is 10.3 Å². The standard InChI is InChI=1S/C12H19N3/c1-2-14-11(9-5-3-6-9)10-7-4-8-15-12(10)13/h4,7-9,11,14H,2-3,5-6H2,1H3,(H2,13,15). The van der Waals surface area contributed by atoms with E-state index in [0.29, 0.717) is 11.9 Å². The molecule has 1 unspecified atom stereocenters. The van der Waals surface area contributed by atoms with Crippen molar-refractivity contribution in [3.63, 3.8) is 0 Å². The summed E-state index contributed by atoms with van der Waals surface area (Å²) < 4.78 is 0. The van der Waals surface area contributed by atoms with Gasteiger partial charge in [-0.05, 0) is 31.4 Å². The smallest absolute Gasteiger partial charge is 0.128 e. The number of nitrogens with zero attached hydrogens (tertiary/aromatic N) is 1. The molecule has 1 aromatic heterocycles. The predicted molar refractivity (Wildman–Crippen MR) is 62.4 cm³/mol. The third-order valence-electron chi connectivity index (χ3n) is 3.25. The lowest BCUT2D eigenvalue weighted by Crippen LogP contribution is -2.32. The van der Waals surface area contributed by atoms with Crippen LogP contribution in [0.25, 0.3) is 0 Å². The molecule has 0 radical (unpaired) electrons. The molecule has 0 saturated heterocycles. The van der Waals surface area contributed by atoms with Crippen molar-refractivity contribution in [1.29, 1.82) is 0 Å². The van der Waals surface area contributed by atoms with Crippen LogP contribution in [0.4, 0.5) is 5.82 Å². The molecule has 15 heavy (non-hydrogen) atoms. The molecule has 1 fully saturated rings. The van der Waals surface area contributed by atoms with Gasteiger partial charge in [0.1, 0.15) is 5.82 Å². The first-order valence-electron chi connectivity index (χ1n) is 5.76. The molecular weight excluding hydrogens is 186 g/mol. The number of pyridine rings is 1. The molecule has 1 atom stereocenters. The van der Waals surface area contributed by atoms with E-state index in [2.05, 4.69) is 23.3 Å². The Hall–Kier alpha value is -1.09. The van der Waals surface area contributed by atoms with E-state index in [4.69, 9.17) is 5.73 Å². The van der Waals surface area contributed by atoms with Gasteiger partial charge in [0.25, 0.3) is 0 Å². The number of nitrogen functional groups attached to an aromatic ring is 1. The summed E-state index contributed by atoms with van der Waals surface area (Å²) in [4.78, 5) is 4.16. The van der Waals surface area contributed by atoms with Gasteiger partial charge in [0.15, 0.2) is 0 Å². The highest BCUT2D eigenvalue weighted by molar-refractivity contribution is 5.41. The van der Waals surface area contributed by atoms with Crippen molar-refractivity contribution >= 4 is 5.82 Å². The van der Waals surface area contributed by atoms with Gasteiger partial charge in [-0.2, -0.15) is 0 Å². The SMILES string of the molecule is CCNC(c1cccnc1N)C1CCC1. The van der Waals surface area contributed by atoms with Crippen LogP contribution in [0, 0.1) is 5.92 Å². The van der Waals surface area contributed by atoms with Gasteiger partial charge in [-0.15, -0.1) is 0 Å². The minimum Gasteiger partial charge on any atom is -0.383 e. The number of hydrogen-bond acceptors (Lipinski definition) is 3. The summed E-state index contributed by atoms with van der Waals surface area (Å²) in [5.41, 5.74) is 7.09. The zero-order chi connectivity index (χ0) is 10.7. The van der Waals surface area contributed by atoms with Gasteiger partial charge in [-0.25, -0.2) is 4.98 Å². The van der Waals surface area contributed by atoms with Gasteiger partial charge in [0.05, 0.1) is 0 Å². The van der Waals surface area contributed by atoms with Gasteiger partial charge in [0, 0.05) is 17.8 Å². The molecule has 1 aliphatic carbocycles. The Balaban J connectivity index is 2.19. The third-order valence-corrected chi connectivity index (χ3v) is 3.25. The summed E-state index contributed by atoms with van der Waals surface area (Å²) in [6.07, 6.45) is 5.73. The van der Waals surface area contributed by atoms with Crippen molar-refractivity contribution in [3.8, 4) is 0 Å². The highest BCUT2D eigenvalue weighted by Gasteiger charge is 2.29. The van der Waals surface area contributed by atoms with Crippen LogP contribution < -0.4 is 11.1 Å². The van der Waals surface area contributed by atoms with Gasteiger partial charge < -0.3 is 11.1 Å². The van der Waals surface area contributed by atoms with Crippen LogP contribution in [-0.2, 0) is 0 Å². The third kappa shape index (κ3) is 2.12. The zero-order valence-electron chi connectivity index (χ0n) is 9.24. The first-order chi connectivity index (χ1) is 7.33. The molecule has 0 bridgehead atoms. The number of anilines is 1. The second kappa shape index (κ2) is 4.62. The fraction of sp³-hybridized carbons (Fsp3) is 0.583. The summed E-state index contributed by atoms with van der Waals surface area (Å²) in [5, 5.41) is 3.52. The number of aromatic nitrogens is 1. The van der Waals surface area contributed by atoms with Crippen LogP contribution >= 0.6 is 0 Å². The van der Waals surface area contributed by atoms with Gasteiger partial charge >= 0.3 is 0 Å². The highest BCUT2D eigenvalue weighted by atomic mass is 14.9. The van der Waals surface area contributed by atoms with E-state index in [-0.39, 0.29) is 0 Å². The van der Waals surface area contributed by atoms with Crippen LogP contribution in [0.15, 0.2) is 18.3 Å². The number of rotatable bonds is 4. The minimum atomic E-state index is 0.400. The van der Waals surface area contributed by atoms with E-state index < -0.39 is 0 Å². The maximum absolute atomic E-state index is 5.92. The Labute approximate surface area is 91.1 Å². The predicted octanol–water partition coefficient (Wildman–Crippen LogP) is 2.11. The van der Waals surface area contributed by atoms with Gasteiger partial charge in [-0.3, -0.25) is 0 Å². The fourth-order valence-electron chi connectivity index (χ4n) is 2.22. The van der Waals surface area contributed by atoms with E-state index in [1.807, 2.05) is 6.07 Å². The Morgan fingerprint density at radius 2 is 2.40 bits per heavy atom. The van der Waals surface area contributed by atoms with Crippen LogP contribution in [0.2, 0.25) is 0 Å². The zero-order valence-corrected chi connectivity index (χ0v) is 9.24. The first-order valence-corrected chi connectivity index (χ1v) is 5.76. The van der Waals surface area contributed by atoms with E-state index in [1.165, 1.54) is 24.8 Å². The lowest BCUT2D eigenvalue weighted by Gasteiger charge is -2.34. The maximum atomic E-state index is 5.92. The molecule has 3 heteroatoms. The van der Waals surface area contributed by atoms with Crippen molar-refractivity contribution < 1.29 is 0 Å². The average Bonchev–Trinajstić information content (AvgIpc) is 2.15. The molecule has 0 aromatic carbocycles. The van der Waals surface area contributed by atoms with Crippen molar-refractivity contribution in [2.75, 3.05) is 12.3 Å². The van der Waals surface area contributed by atoms with Crippen LogP contribution in [0.1, 0.15) is 37.8 Å². The molecule has 1 saturated carbocycles. The Morgan fingerprint density at radius 1 is 1.60 bits per heavy atom. The second-order valence-electron chi connectivity index (χ2n) is 4.20. The molecule has 82 valence electrons. The normalized spacial score (nSPS) is 18.5. The first kappa shape index (κ1) is 10.4. The van der Waals surface area contributed by atoms with E-state index >= 15 is 0 Å². The Morgan fingerprint density at radius 3 is 2.93 bits per heavy atom. The molecule has 0 spiro atoms. The van der Waals surface area contributed by atoms with Crippen molar-refractivity contribution in [2.24, 2.45) is 5.92 Å². The maximum Gasteiger partial charge on any atom is 0.128 e. The fourth-order valence-corrected chi connectivity index (χ4v) is 2.22. The number of nitrogens with two attached hydrogens (primary N) is 1. The minimum absolute atomic E-state index is 0.400.